The highest BCUT2D eigenvalue weighted by Crippen LogP contribution is 2.25. The summed E-state index contributed by atoms with van der Waals surface area (Å²) in [4.78, 5) is 6.11. The molecule has 0 aliphatic carbocycles. The maximum absolute atomic E-state index is 13.4. The van der Waals surface area contributed by atoms with Crippen molar-refractivity contribution in [3.8, 4) is 11.4 Å². The number of halogens is 5. The van der Waals surface area contributed by atoms with Crippen molar-refractivity contribution in [3.05, 3.63) is 36.0 Å². The van der Waals surface area contributed by atoms with Crippen LogP contribution in [0.1, 0.15) is 5.69 Å². The van der Waals surface area contributed by atoms with E-state index in [1.807, 2.05) is 13.0 Å². The van der Waals surface area contributed by atoms with E-state index in [4.69, 9.17) is 0 Å². The van der Waals surface area contributed by atoms with E-state index in [0.29, 0.717) is 25.3 Å². The van der Waals surface area contributed by atoms with Crippen LogP contribution in [-0.2, 0) is 4.74 Å². The summed E-state index contributed by atoms with van der Waals surface area (Å²) in [6, 6.07) is 7.50. The van der Waals surface area contributed by atoms with Gasteiger partial charge in [-0.1, -0.05) is 0 Å². The molecule has 4 rings (SSSR count). The first kappa shape index (κ1) is 23.7. The van der Waals surface area contributed by atoms with Gasteiger partial charge in [0.25, 0.3) is 0 Å². The van der Waals surface area contributed by atoms with Gasteiger partial charge in [-0.05, 0) is 31.2 Å². The normalized spacial score (nSPS) is 20.2. The van der Waals surface area contributed by atoms with Gasteiger partial charge in [-0.15, -0.1) is 13.2 Å². The van der Waals surface area contributed by atoms with Crippen molar-refractivity contribution in [2.24, 2.45) is 0 Å². The third kappa shape index (κ3) is 6.33. The molecule has 0 N–H and O–H groups in total. The number of alkyl halides is 5. The topological polar surface area (TPSA) is 46.0 Å². The highest BCUT2D eigenvalue weighted by Gasteiger charge is 2.36. The highest BCUT2D eigenvalue weighted by molar-refractivity contribution is 5.45. The number of hydrogen-bond acceptors (Lipinski definition) is 6. The molecule has 0 amide bonds. The molecule has 1 aromatic heterocycles. The molecule has 2 aromatic rings. The largest absolute Gasteiger partial charge is 0.573 e. The van der Waals surface area contributed by atoms with E-state index in [-0.39, 0.29) is 18.9 Å². The lowest BCUT2D eigenvalue weighted by Gasteiger charge is -2.37. The van der Waals surface area contributed by atoms with Crippen molar-refractivity contribution < 1.29 is 31.4 Å². The number of aryl methyl sites for hydroxylation is 1. The molecule has 12 heteroatoms. The molecule has 7 nitrogen and oxygen atoms in total. The van der Waals surface area contributed by atoms with Gasteiger partial charge in [-0.3, -0.25) is 9.80 Å². The monoisotopic (exact) mass is 475 g/mol. The Morgan fingerprint density at radius 2 is 1.67 bits per heavy atom. The minimum absolute atomic E-state index is 0.0425. The maximum Gasteiger partial charge on any atom is 0.573 e. The van der Waals surface area contributed by atoms with Gasteiger partial charge in [0.1, 0.15) is 5.75 Å². The van der Waals surface area contributed by atoms with Crippen LogP contribution in [0.25, 0.3) is 5.69 Å². The van der Waals surface area contributed by atoms with Gasteiger partial charge < -0.3 is 14.4 Å². The van der Waals surface area contributed by atoms with Crippen LogP contribution in [0.4, 0.5) is 27.8 Å². The maximum atomic E-state index is 13.4. The standard InChI is InChI=1S/C21H26F5N5O2/c1-16-14-19(27-31(16)17-2-4-18(5-3-17)33-21(24,25)26)30-10-8-28(9-11-30)6-7-29-12-13-32-20(22,23)15-29/h2-5,14H,6-13,15H2,1H3. The zero-order valence-corrected chi connectivity index (χ0v) is 18.2. The summed E-state index contributed by atoms with van der Waals surface area (Å²) in [6.07, 6.45) is -7.80. The molecule has 2 fully saturated rings. The molecule has 2 aliphatic rings. The van der Waals surface area contributed by atoms with Crippen molar-refractivity contribution in [2.45, 2.75) is 19.4 Å². The van der Waals surface area contributed by atoms with E-state index in [0.717, 1.165) is 37.7 Å². The van der Waals surface area contributed by atoms with Crippen LogP contribution in [-0.4, -0.2) is 91.0 Å². The van der Waals surface area contributed by atoms with Crippen molar-refractivity contribution >= 4 is 5.82 Å². The second kappa shape index (κ2) is 9.43. The molecule has 0 radical (unpaired) electrons. The lowest BCUT2D eigenvalue weighted by atomic mass is 10.3. The summed E-state index contributed by atoms with van der Waals surface area (Å²) in [6.45, 7) is 6.41. The van der Waals surface area contributed by atoms with Crippen LogP contribution in [0, 0.1) is 6.92 Å². The molecule has 182 valence electrons. The first-order chi connectivity index (χ1) is 15.6. The van der Waals surface area contributed by atoms with Crippen LogP contribution in [0.5, 0.6) is 5.75 Å². The predicted molar refractivity (Wildman–Crippen MR) is 111 cm³/mol. The van der Waals surface area contributed by atoms with E-state index in [1.165, 1.54) is 24.3 Å². The van der Waals surface area contributed by atoms with E-state index in [2.05, 4.69) is 24.4 Å². The van der Waals surface area contributed by atoms with E-state index in [1.54, 1.807) is 9.58 Å². The average molecular weight is 475 g/mol. The van der Waals surface area contributed by atoms with E-state index >= 15 is 0 Å². The molecular weight excluding hydrogens is 449 g/mol. The Morgan fingerprint density at radius 1 is 1.00 bits per heavy atom. The fourth-order valence-corrected chi connectivity index (χ4v) is 4.05. The number of ether oxygens (including phenoxy) is 2. The molecule has 2 saturated heterocycles. The number of aromatic nitrogens is 2. The van der Waals surface area contributed by atoms with Crippen molar-refractivity contribution in [2.75, 3.05) is 63.9 Å². The molecule has 0 spiro atoms. The second-order valence-electron chi connectivity index (χ2n) is 8.19. The van der Waals surface area contributed by atoms with Crippen molar-refractivity contribution in [1.82, 2.24) is 19.6 Å². The lowest BCUT2D eigenvalue weighted by Crippen LogP contribution is -2.51. The molecule has 33 heavy (non-hydrogen) atoms. The minimum atomic E-state index is -4.73. The Kier molecular flexibility index (Phi) is 6.78. The Hall–Kier alpha value is -2.44. The number of rotatable bonds is 6. The minimum Gasteiger partial charge on any atom is -0.406 e. The Morgan fingerprint density at radius 3 is 2.30 bits per heavy atom. The van der Waals surface area contributed by atoms with E-state index < -0.39 is 12.5 Å². The van der Waals surface area contributed by atoms with Gasteiger partial charge in [0.05, 0.1) is 18.8 Å². The molecule has 0 saturated carbocycles. The van der Waals surface area contributed by atoms with Crippen molar-refractivity contribution in [3.63, 3.8) is 0 Å². The molecule has 2 aliphatic heterocycles. The third-order valence-electron chi connectivity index (χ3n) is 5.75. The molecule has 0 atom stereocenters. The van der Waals surface area contributed by atoms with Gasteiger partial charge in [0.15, 0.2) is 5.82 Å². The lowest BCUT2D eigenvalue weighted by molar-refractivity contribution is -0.274. The molecular formula is C21H26F5N5O2. The second-order valence-corrected chi connectivity index (χ2v) is 8.19. The number of piperazine rings is 1. The first-order valence-corrected chi connectivity index (χ1v) is 10.7. The van der Waals surface area contributed by atoms with Gasteiger partial charge in [0.2, 0.25) is 0 Å². The van der Waals surface area contributed by atoms with Crippen LogP contribution >= 0.6 is 0 Å². The number of morpholine rings is 1. The first-order valence-electron chi connectivity index (χ1n) is 10.7. The fraction of sp³-hybridized carbons (Fsp3) is 0.571. The third-order valence-corrected chi connectivity index (χ3v) is 5.75. The van der Waals surface area contributed by atoms with Crippen LogP contribution < -0.4 is 9.64 Å². The summed E-state index contributed by atoms with van der Waals surface area (Å²) in [7, 11) is 0. The number of hydrogen-bond donors (Lipinski definition) is 0. The number of nitrogens with zero attached hydrogens (tertiary/aromatic N) is 5. The van der Waals surface area contributed by atoms with Crippen LogP contribution in [0.15, 0.2) is 30.3 Å². The van der Waals surface area contributed by atoms with Gasteiger partial charge >= 0.3 is 12.5 Å². The summed E-state index contributed by atoms with van der Waals surface area (Å²) >= 11 is 0. The SMILES string of the molecule is Cc1cc(N2CCN(CCN3CCOC(F)(F)C3)CC2)nn1-c1ccc(OC(F)(F)F)cc1. The van der Waals surface area contributed by atoms with Crippen LogP contribution in [0.3, 0.4) is 0 Å². The molecule has 3 heterocycles. The zero-order chi connectivity index (χ0) is 23.6. The quantitative estimate of drug-likeness (QED) is 0.599. The Labute approximate surface area is 188 Å². The van der Waals surface area contributed by atoms with Gasteiger partial charge in [-0.25, -0.2) is 4.68 Å². The highest BCUT2D eigenvalue weighted by atomic mass is 19.4. The zero-order valence-electron chi connectivity index (χ0n) is 18.2. The van der Waals surface area contributed by atoms with Gasteiger partial charge in [-0.2, -0.15) is 13.9 Å². The van der Waals surface area contributed by atoms with Crippen LogP contribution in [0.2, 0.25) is 0 Å². The molecule has 1 aromatic carbocycles. The summed E-state index contributed by atoms with van der Waals surface area (Å²) in [5, 5.41) is 4.62. The van der Waals surface area contributed by atoms with Gasteiger partial charge in [0, 0.05) is 57.6 Å². The Balaban J connectivity index is 1.30. The smallest absolute Gasteiger partial charge is 0.406 e. The van der Waals surface area contributed by atoms with E-state index in [9.17, 15) is 22.0 Å². The average Bonchev–Trinajstić information content (AvgIpc) is 3.13. The number of benzene rings is 1. The summed E-state index contributed by atoms with van der Waals surface area (Å²) in [5.74, 6) is 0.504. The molecule has 0 unspecified atom stereocenters. The number of anilines is 1. The summed E-state index contributed by atoms with van der Waals surface area (Å²) in [5.41, 5.74) is 1.49. The fourth-order valence-electron chi connectivity index (χ4n) is 4.05. The summed E-state index contributed by atoms with van der Waals surface area (Å²) < 4.78 is 73.8. The molecule has 0 bridgehead atoms. The van der Waals surface area contributed by atoms with Crippen molar-refractivity contribution in [1.29, 1.82) is 0 Å². The Bertz CT molecular complexity index is 926. The predicted octanol–water partition coefficient (Wildman–Crippen LogP) is 3.13.